The molecule has 0 saturated carbocycles. The number of nitrogens with zero attached hydrogens (tertiary/aromatic N) is 3. The molecule has 1 unspecified atom stereocenters. The van der Waals surface area contributed by atoms with E-state index in [9.17, 15) is 9.59 Å². The van der Waals surface area contributed by atoms with Gasteiger partial charge in [-0.05, 0) is 20.3 Å². The minimum atomic E-state index is -0.838. The highest BCUT2D eigenvalue weighted by Gasteiger charge is 2.18. The molecule has 1 aromatic heterocycles. The summed E-state index contributed by atoms with van der Waals surface area (Å²) in [5.41, 5.74) is 0. The van der Waals surface area contributed by atoms with Crippen LogP contribution in [0, 0.1) is 0 Å². The third-order valence-corrected chi connectivity index (χ3v) is 3.17. The molecule has 6 nitrogen and oxygen atoms in total. The van der Waals surface area contributed by atoms with Crippen molar-refractivity contribution in [1.82, 2.24) is 14.5 Å². The number of rotatable bonds is 9. The van der Waals surface area contributed by atoms with E-state index < -0.39 is 5.97 Å². The van der Waals surface area contributed by atoms with E-state index in [0.29, 0.717) is 13.1 Å². The molecule has 0 aliphatic carbocycles. The molecule has 1 atom stereocenters. The van der Waals surface area contributed by atoms with Crippen LogP contribution in [0.4, 0.5) is 0 Å². The molecule has 0 bridgehead atoms. The van der Waals surface area contributed by atoms with Gasteiger partial charge < -0.3 is 9.67 Å². The Morgan fingerprint density at radius 1 is 1.42 bits per heavy atom. The van der Waals surface area contributed by atoms with E-state index in [4.69, 9.17) is 5.11 Å². The topological polar surface area (TPSA) is 75.4 Å². The van der Waals surface area contributed by atoms with Gasteiger partial charge in [0.15, 0.2) is 0 Å². The van der Waals surface area contributed by atoms with Gasteiger partial charge in [-0.25, -0.2) is 4.98 Å². The van der Waals surface area contributed by atoms with Crippen LogP contribution in [-0.2, 0) is 16.1 Å². The fraction of sp³-hybridized carbons (Fsp3) is 0.615. The van der Waals surface area contributed by atoms with Crippen LogP contribution >= 0.6 is 0 Å². The van der Waals surface area contributed by atoms with Crippen LogP contribution in [0.15, 0.2) is 18.7 Å². The van der Waals surface area contributed by atoms with Crippen molar-refractivity contribution in [2.24, 2.45) is 0 Å². The van der Waals surface area contributed by atoms with E-state index in [1.807, 2.05) is 22.6 Å². The van der Waals surface area contributed by atoms with E-state index >= 15 is 0 Å². The second kappa shape index (κ2) is 7.68. The van der Waals surface area contributed by atoms with Crippen LogP contribution in [0.5, 0.6) is 0 Å². The molecule has 0 aromatic carbocycles. The van der Waals surface area contributed by atoms with E-state index in [2.05, 4.69) is 4.98 Å². The average molecular weight is 267 g/mol. The Bertz CT molecular complexity index is 403. The molecule has 1 aromatic rings. The molecule has 0 amide bonds. The lowest BCUT2D eigenvalue weighted by Crippen LogP contribution is -2.40. The molecule has 0 fully saturated rings. The second-order valence-corrected chi connectivity index (χ2v) is 4.62. The van der Waals surface area contributed by atoms with Crippen molar-refractivity contribution < 1.29 is 14.7 Å². The molecular formula is C13H21N3O3. The minimum Gasteiger partial charge on any atom is -0.481 e. The SMILES string of the molecule is CC(=O)C(C)N(CCCn1ccnc1)CCC(=O)O. The fourth-order valence-electron chi connectivity index (χ4n) is 1.87. The highest BCUT2D eigenvalue weighted by Crippen LogP contribution is 2.04. The van der Waals surface area contributed by atoms with Crippen molar-refractivity contribution in [2.45, 2.75) is 39.3 Å². The van der Waals surface area contributed by atoms with Gasteiger partial charge in [-0.2, -0.15) is 0 Å². The van der Waals surface area contributed by atoms with Gasteiger partial charge >= 0.3 is 5.97 Å². The smallest absolute Gasteiger partial charge is 0.304 e. The predicted molar refractivity (Wildman–Crippen MR) is 70.8 cm³/mol. The fourth-order valence-corrected chi connectivity index (χ4v) is 1.87. The molecule has 1 N–H and O–H groups in total. The Morgan fingerprint density at radius 2 is 2.16 bits per heavy atom. The van der Waals surface area contributed by atoms with Gasteiger partial charge in [-0.1, -0.05) is 0 Å². The number of carbonyl (C=O) groups excluding carboxylic acids is 1. The molecule has 106 valence electrons. The summed E-state index contributed by atoms with van der Waals surface area (Å²) in [6.45, 7) is 5.27. The van der Waals surface area contributed by atoms with Gasteiger partial charge in [0.2, 0.25) is 0 Å². The van der Waals surface area contributed by atoms with Crippen LogP contribution < -0.4 is 0 Å². The van der Waals surface area contributed by atoms with Crippen molar-refractivity contribution in [3.8, 4) is 0 Å². The van der Waals surface area contributed by atoms with Gasteiger partial charge in [0.25, 0.3) is 0 Å². The first-order valence-corrected chi connectivity index (χ1v) is 6.42. The number of hydrogen-bond donors (Lipinski definition) is 1. The number of carbonyl (C=O) groups is 2. The van der Waals surface area contributed by atoms with Crippen molar-refractivity contribution in [3.05, 3.63) is 18.7 Å². The molecule has 19 heavy (non-hydrogen) atoms. The lowest BCUT2D eigenvalue weighted by atomic mass is 10.2. The Morgan fingerprint density at radius 3 is 2.68 bits per heavy atom. The number of imidazole rings is 1. The molecule has 0 spiro atoms. The number of carboxylic acids is 1. The molecular weight excluding hydrogens is 246 g/mol. The zero-order valence-corrected chi connectivity index (χ0v) is 11.5. The van der Waals surface area contributed by atoms with Gasteiger partial charge in [0.1, 0.15) is 5.78 Å². The summed E-state index contributed by atoms with van der Waals surface area (Å²) in [7, 11) is 0. The predicted octanol–water partition coefficient (Wildman–Crippen LogP) is 1.03. The first-order valence-electron chi connectivity index (χ1n) is 6.42. The number of Topliss-reactive ketones (excluding diaryl/α,β-unsaturated/α-hetero) is 1. The quantitative estimate of drug-likeness (QED) is 0.723. The normalized spacial score (nSPS) is 12.6. The standard InChI is InChI=1S/C13H21N3O3/c1-11(12(2)17)16(8-4-13(18)19)7-3-6-15-9-5-14-10-15/h5,9-11H,3-4,6-8H2,1-2H3,(H,18,19). The number of aliphatic carboxylic acids is 1. The van der Waals surface area contributed by atoms with Gasteiger partial charge in [-0.15, -0.1) is 0 Å². The van der Waals surface area contributed by atoms with Gasteiger partial charge in [0.05, 0.1) is 18.8 Å². The number of aryl methyl sites for hydroxylation is 1. The van der Waals surface area contributed by atoms with Crippen molar-refractivity contribution in [2.75, 3.05) is 13.1 Å². The van der Waals surface area contributed by atoms with E-state index in [1.165, 1.54) is 6.92 Å². The van der Waals surface area contributed by atoms with Crippen molar-refractivity contribution in [3.63, 3.8) is 0 Å². The maximum atomic E-state index is 11.4. The lowest BCUT2D eigenvalue weighted by molar-refractivity contribution is -0.138. The zero-order chi connectivity index (χ0) is 14.3. The summed E-state index contributed by atoms with van der Waals surface area (Å²) >= 11 is 0. The van der Waals surface area contributed by atoms with E-state index in [1.54, 1.807) is 12.5 Å². The lowest BCUT2D eigenvalue weighted by Gasteiger charge is -2.26. The maximum absolute atomic E-state index is 11.4. The first-order chi connectivity index (χ1) is 9.00. The zero-order valence-electron chi connectivity index (χ0n) is 11.5. The summed E-state index contributed by atoms with van der Waals surface area (Å²) < 4.78 is 1.97. The largest absolute Gasteiger partial charge is 0.481 e. The minimum absolute atomic E-state index is 0.0582. The van der Waals surface area contributed by atoms with E-state index in [0.717, 1.165) is 13.0 Å². The number of carboxylic acid groups (broad SMARTS) is 1. The number of hydrogen-bond acceptors (Lipinski definition) is 4. The highest BCUT2D eigenvalue weighted by atomic mass is 16.4. The Labute approximate surface area is 113 Å². The molecule has 0 saturated heterocycles. The van der Waals surface area contributed by atoms with Gasteiger partial charge in [0, 0.05) is 32.0 Å². The monoisotopic (exact) mass is 267 g/mol. The van der Waals surface area contributed by atoms with Crippen molar-refractivity contribution in [1.29, 1.82) is 0 Å². The Hall–Kier alpha value is -1.69. The van der Waals surface area contributed by atoms with Crippen LogP contribution in [0.3, 0.4) is 0 Å². The number of aromatic nitrogens is 2. The van der Waals surface area contributed by atoms with Crippen LogP contribution in [0.25, 0.3) is 0 Å². The third-order valence-electron chi connectivity index (χ3n) is 3.17. The summed E-state index contributed by atoms with van der Waals surface area (Å²) in [5, 5.41) is 8.73. The van der Waals surface area contributed by atoms with Gasteiger partial charge in [-0.3, -0.25) is 14.5 Å². The summed E-state index contributed by atoms with van der Waals surface area (Å²) in [5.74, 6) is -0.775. The first kappa shape index (κ1) is 15.4. The van der Waals surface area contributed by atoms with E-state index in [-0.39, 0.29) is 18.2 Å². The molecule has 6 heteroatoms. The number of ketones is 1. The molecule has 1 heterocycles. The van der Waals surface area contributed by atoms with Crippen molar-refractivity contribution >= 4 is 11.8 Å². The summed E-state index contributed by atoms with van der Waals surface area (Å²) in [6.07, 6.45) is 6.27. The Kier molecular flexibility index (Phi) is 6.21. The Balaban J connectivity index is 2.43. The molecule has 0 aliphatic heterocycles. The third kappa shape index (κ3) is 5.65. The second-order valence-electron chi connectivity index (χ2n) is 4.62. The average Bonchev–Trinajstić information content (AvgIpc) is 2.85. The summed E-state index contributed by atoms with van der Waals surface area (Å²) in [6, 6.07) is -0.234. The maximum Gasteiger partial charge on any atom is 0.304 e. The summed E-state index contributed by atoms with van der Waals surface area (Å²) in [4.78, 5) is 27.9. The van der Waals surface area contributed by atoms with Crippen LogP contribution in [0.1, 0.15) is 26.7 Å². The molecule has 1 rings (SSSR count). The van der Waals surface area contributed by atoms with Crippen LogP contribution in [-0.4, -0.2) is 50.4 Å². The highest BCUT2D eigenvalue weighted by molar-refractivity contribution is 5.81. The molecule has 0 radical (unpaired) electrons. The molecule has 0 aliphatic rings. The van der Waals surface area contributed by atoms with Crippen LogP contribution in [0.2, 0.25) is 0 Å².